The number of nitrogens with zero attached hydrogens (tertiary/aromatic N) is 2. The van der Waals surface area contributed by atoms with Crippen LogP contribution in [0.3, 0.4) is 0 Å². The molecular weight excluding hydrogens is 237 g/mol. The average Bonchev–Trinajstić information content (AvgIpc) is 2.73. The van der Waals surface area contributed by atoms with Gasteiger partial charge in [0.25, 0.3) is 0 Å². The van der Waals surface area contributed by atoms with Gasteiger partial charge in [0, 0.05) is 23.9 Å². The highest BCUT2D eigenvalue weighted by Crippen LogP contribution is 2.23. The van der Waals surface area contributed by atoms with Gasteiger partial charge in [-0.15, -0.1) is 11.8 Å². The Balaban J connectivity index is 1.94. The van der Waals surface area contributed by atoms with Gasteiger partial charge < -0.3 is 5.73 Å². The number of hydrogen-bond acceptors (Lipinski definition) is 3. The molecule has 2 N–H and O–H groups in total. The van der Waals surface area contributed by atoms with Gasteiger partial charge in [-0.2, -0.15) is 5.10 Å². The molecule has 0 aliphatic heterocycles. The zero-order chi connectivity index (χ0) is 12.3. The zero-order valence-corrected chi connectivity index (χ0v) is 10.3. The maximum atomic E-state index is 13.0. The van der Waals surface area contributed by atoms with Crippen molar-refractivity contribution in [3.05, 3.63) is 48.0 Å². The number of halogens is 1. The second-order valence-corrected chi connectivity index (χ2v) is 4.88. The minimum atomic E-state index is -0.221. The summed E-state index contributed by atoms with van der Waals surface area (Å²) in [7, 11) is 1.86. The van der Waals surface area contributed by atoms with Gasteiger partial charge in [-0.05, 0) is 24.3 Å². The summed E-state index contributed by atoms with van der Waals surface area (Å²) in [5, 5.41) is 4.24. The molecule has 0 spiro atoms. The molecule has 1 heterocycles. The van der Waals surface area contributed by atoms with Gasteiger partial charge in [-0.3, -0.25) is 4.68 Å². The van der Waals surface area contributed by atoms with E-state index in [0.29, 0.717) is 5.75 Å². The Bertz CT molecular complexity index is 498. The fourth-order valence-corrected chi connectivity index (χ4v) is 2.37. The Morgan fingerprint density at radius 3 is 2.94 bits per heavy atom. The van der Waals surface area contributed by atoms with E-state index >= 15 is 0 Å². The summed E-state index contributed by atoms with van der Waals surface area (Å²) >= 11 is 1.53. The van der Waals surface area contributed by atoms with E-state index in [1.54, 1.807) is 10.7 Å². The van der Waals surface area contributed by atoms with Crippen molar-refractivity contribution >= 4 is 11.8 Å². The van der Waals surface area contributed by atoms with Crippen molar-refractivity contribution in [1.29, 1.82) is 0 Å². The molecule has 1 atom stereocenters. The van der Waals surface area contributed by atoms with Gasteiger partial charge in [-0.1, -0.05) is 6.07 Å². The lowest BCUT2D eigenvalue weighted by Crippen LogP contribution is -2.14. The number of nitrogens with two attached hydrogens (primary N) is 1. The van der Waals surface area contributed by atoms with Crippen LogP contribution < -0.4 is 5.73 Å². The van der Waals surface area contributed by atoms with Crippen LogP contribution in [0.2, 0.25) is 0 Å². The third-order valence-electron chi connectivity index (χ3n) is 2.34. The first-order valence-electron chi connectivity index (χ1n) is 5.28. The minimum Gasteiger partial charge on any atom is -0.322 e. The first kappa shape index (κ1) is 12.1. The van der Waals surface area contributed by atoms with E-state index < -0.39 is 0 Å². The van der Waals surface area contributed by atoms with Crippen molar-refractivity contribution in [1.82, 2.24) is 9.78 Å². The van der Waals surface area contributed by atoms with E-state index in [0.717, 1.165) is 10.6 Å². The van der Waals surface area contributed by atoms with Gasteiger partial charge in [0.1, 0.15) is 5.82 Å². The van der Waals surface area contributed by atoms with Crippen LogP contribution in [0.5, 0.6) is 0 Å². The molecule has 0 saturated heterocycles. The van der Waals surface area contributed by atoms with Crippen LogP contribution in [-0.4, -0.2) is 15.5 Å². The Labute approximate surface area is 104 Å². The monoisotopic (exact) mass is 251 g/mol. The summed E-state index contributed by atoms with van der Waals surface area (Å²) in [6.07, 6.45) is 1.86. The molecule has 1 unspecified atom stereocenters. The number of aryl methyl sites for hydroxylation is 1. The second kappa shape index (κ2) is 5.33. The smallest absolute Gasteiger partial charge is 0.124 e. The largest absolute Gasteiger partial charge is 0.322 e. The summed E-state index contributed by atoms with van der Waals surface area (Å²) in [4.78, 5) is 0.886. The molecule has 0 aliphatic rings. The van der Waals surface area contributed by atoms with E-state index in [1.165, 1.54) is 23.9 Å². The molecule has 0 fully saturated rings. The van der Waals surface area contributed by atoms with Crippen LogP contribution in [0.1, 0.15) is 11.7 Å². The summed E-state index contributed by atoms with van der Waals surface area (Å²) < 4.78 is 14.7. The molecule has 17 heavy (non-hydrogen) atoms. The quantitative estimate of drug-likeness (QED) is 0.848. The van der Waals surface area contributed by atoms with Gasteiger partial charge in [0.15, 0.2) is 0 Å². The maximum absolute atomic E-state index is 13.0. The number of aromatic nitrogens is 2. The van der Waals surface area contributed by atoms with Crippen LogP contribution in [0.4, 0.5) is 4.39 Å². The Morgan fingerprint density at radius 2 is 2.29 bits per heavy atom. The third kappa shape index (κ3) is 3.31. The molecule has 0 bridgehead atoms. The third-order valence-corrected chi connectivity index (χ3v) is 3.45. The van der Waals surface area contributed by atoms with Gasteiger partial charge >= 0.3 is 0 Å². The van der Waals surface area contributed by atoms with Crippen LogP contribution in [-0.2, 0) is 7.05 Å². The van der Waals surface area contributed by atoms with Gasteiger partial charge in [-0.25, -0.2) is 4.39 Å². The normalized spacial score (nSPS) is 12.6. The molecule has 1 aromatic heterocycles. The summed E-state index contributed by atoms with van der Waals surface area (Å²) in [6.45, 7) is 0. The second-order valence-electron chi connectivity index (χ2n) is 3.79. The first-order valence-corrected chi connectivity index (χ1v) is 6.27. The maximum Gasteiger partial charge on any atom is 0.124 e. The lowest BCUT2D eigenvalue weighted by molar-refractivity contribution is 0.624. The first-order chi connectivity index (χ1) is 8.15. The van der Waals surface area contributed by atoms with Crippen molar-refractivity contribution in [3.8, 4) is 0 Å². The molecular formula is C12H14FN3S. The molecule has 90 valence electrons. The predicted molar refractivity (Wildman–Crippen MR) is 67.3 cm³/mol. The number of thioether (sulfide) groups is 1. The summed E-state index contributed by atoms with van der Waals surface area (Å²) in [6, 6.07) is 8.28. The van der Waals surface area contributed by atoms with E-state index in [4.69, 9.17) is 5.73 Å². The average molecular weight is 251 g/mol. The summed E-state index contributed by atoms with van der Waals surface area (Å²) in [5.41, 5.74) is 6.86. The standard InChI is InChI=1S/C12H14FN3S/c1-16-6-5-12(15-16)11(14)8-17-10-4-2-3-9(13)7-10/h2-7,11H,8,14H2,1H3. The molecule has 1 aromatic carbocycles. The van der Waals surface area contributed by atoms with Crippen molar-refractivity contribution in [2.24, 2.45) is 12.8 Å². The number of benzene rings is 1. The molecule has 3 nitrogen and oxygen atoms in total. The van der Waals surface area contributed by atoms with Crippen LogP contribution >= 0.6 is 11.8 Å². The highest BCUT2D eigenvalue weighted by molar-refractivity contribution is 7.99. The lowest BCUT2D eigenvalue weighted by atomic mass is 10.3. The molecule has 0 aliphatic carbocycles. The molecule has 0 amide bonds. The Kier molecular flexibility index (Phi) is 3.81. The van der Waals surface area contributed by atoms with Crippen LogP contribution in [0.15, 0.2) is 41.4 Å². The number of rotatable bonds is 4. The lowest BCUT2D eigenvalue weighted by Gasteiger charge is -2.08. The highest BCUT2D eigenvalue weighted by atomic mass is 32.2. The topological polar surface area (TPSA) is 43.8 Å². The van der Waals surface area contributed by atoms with Gasteiger partial charge in [0.2, 0.25) is 0 Å². The molecule has 0 radical (unpaired) electrons. The predicted octanol–water partition coefficient (Wildman–Crippen LogP) is 2.35. The Hall–Kier alpha value is -1.33. The fraction of sp³-hybridized carbons (Fsp3) is 0.250. The molecule has 2 rings (SSSR count). The molecule has 0 saturated carbocycles. The van der Waals surface area contributed by atoms with Crippen molar-refractivity contribution in [3.63, 3.8) is 0 Å². The van der Waals surface area contributed by atoms with Crippen LogP contribution in [0, 0.1) is 5.82 Å². The minimum absolute atomic E-state index is 0.135. The molecule has 2 aromatic rings. The van der Waals surface area contributed by atoms with E-state index in [2.05, 4.69) is 5.10 Å². The highest BCUT2D eigenvalue weighted by Gasteiger charge is 2.09. The fourth-order valence-electron chi connectivity index (χ4n) is 1.46. The summed E-state index contributed by atoms with van der Waals surface area (Å²) in [5.74, 6) is 0.460. The van der Waals surface area contributed by atoms with E-state index in [-0.39, 0.29) is 11.9 Å². The SMILES string of the molecule is Cn1ccc(C(N)CSc2cccc(F)c2)n1. The van der Waals surface area contributed by atoms with E-state index in [1.807, 2.05) is 25.4 Å². The molecule has 5 heteroatoms. The van der Waals surface area contributed by atoms with Gasteiger partial charge in [0.05, 0.1) is 11.7 Å². The van der Waals surface area contributed by atoms with Crippen LogP contribution in [0.25, 0.3) is 0 Å². The van der Waals surface area contributed by atoms with Crippen molar-refractivity contribution in [2.45, 2.75) is 10.9 Å². The Morgan fingerprint density at radius 1 is 1.47 bits per heavy atom. The van der Waals surface area contributed by atoms with Crippen molar-refractivity contribution in [2.75, 3.05) is 5.75 Å². The zero-order valence-electron chi connectivity index (χ0n) is 9.51. The van der Waals surface area contributed by atoms with Crippen molar-refractivity contribution < 1.29 is 4.39 Å². The van der Waals surface area contributed by atoms with E-state index in [9.17, 15) is 4.39 Å². The number of hydrogen-bond donors (Lipinski definition) is 1.